The molecule has 10 heteroatoms. The van der Waals surface area contributed by atoms with Crippen molar-refractivity contribution in [1.82, 2.24) is 24.9 Å². The van der Waals surface area contributed by atoms with Crippen LogP contribution in [-0.4, -0.2) is 60.8 Å². The Kier molecular flexibility index (Phi) is 5.93. The number of rotatable bonds is 6. The highest BCUT2D eigenvalue weighted by atomic mass is 32.2. The Morgan fingerprint density at radius 1 is 0.971 bits per heavy atom. The second kappa shape index (κ2) is 9.03. The average Bonchev–Trinajstić information content (AvgIpc) is 3.38. The topological polar surface area (TPSA) is 107 Å². The van der Waals surface area contributed by atoms with Crippen molar-refractivity contribution in [2.75, 3.05) is 36.0 Å². The summed E-state index contributed by atoms with van der Waals surface area (Å²) in [4.78, 5) is 13.8. The van der Waals surface area contributed by atoms with Gasteiger partial charge in [0.2, 0.25) is 10.0 Å². The molecule has 0 bridgehead atoms. The highest BCUT2D eigenvalue weighted by Gasteiger charge is 2.22. The Morgan fingerprint density at radius 3 is 2.50 bits per heavy atom. The van der Waals surface area contributed by atoms with Gasteiger partial charge in [-0.05, 0) is 49.7 Å². The summed E-state index contributed by atoms with van der Waals surface area (Å²) in [6.45, 7) is 6.68. The van der Waals surface area contributed by atoms with Crippen LogP contribution in [0.1, 0.15) is 13.8 Å². The van der Waals surface area contributed by atoms with Crippen LogP contribution in [0.2, 0.25) is 0 Å². The van der Waals surface area contributed by atoms with E-state index in [0.717, 1.165) is 59.7 Å². The molecular weight excluding hydrogens is 450 g/mol. The molecule has 34 heavy (non-hydrogen) atoms. The second-order valence-corrected chi connectivity index (χ2v) is 10.4. The molecular formula is C24H27N7O2S. The van der Waals surface area contributed by atoms with E-state index in [1.165, 1.54) is 0 Å². The van der Waals surface area contributed by atoms with Crippen LogP contribution in [0.25, 0.3) is 22.0 Å². The molecule has 1 fully saturated rings. The number of H-pyrrole nitrogens is 1. The van der Waals surface area contributed by atoms with E-state index in [-0.39, 0.29) is 10.9 Å². The SMILES string of the molecule is CC(C)NS(=O)(=O)c1cccc(N2CCN(c3ncnc4ccc(-c5cn[nH]c5)cc34)CC2)c1. The summed E-state index contributed by atoms with van der Waals surface area (Å²) in [6, 6.07) is 13.1. The smallest absolute Gasteiger partial charge is 0.240 e. The number of piperazine rings is 1. The first-order valence-corrected chi connectivity index (χ1v) is 12.8. The predicted octanol–water partition coefficient (Wildman–Crippen LogP) is 3.03. The molecule has 0 saturated carbocycles. The summed E-state index contributed by atoms with van der Waals surface area (Å²) in [5.41, 5.74) is 3.88. The van der Waals surface area contributed by atoms with Gasteiger partial charge in [0, 0.05) is 55.1 Å². The minimum absolute atomic E-state index is 0.158. The highest BCUT2D eigenvalue weighted by molar-refractivity contribution is 7.89. The predicted molar refractivity (Wildman–Crippen MR) is 133 cm³/mol. The third kappa shape index (κ3) is 4.46. The van der Waals surface area contributed by atoms with Gasteiger partial charge >= 0.3 is 0 Å². The molecule has 0 spiro atoms. The number of benzene rings is 2. The van der Waals surface area contributed by atoms with E-state index in [0.29, 0.717) is 0 Å². The van der Waals surface area contributed by atoms with Gasteiger partial charge in [0.25, 0.3) is 0 Å². The average molecular weight is 478 g/mol. The van der Waals surface area contributed by atoms with Crippen molar-refractivity contribution in [3.05, 3.63) is 61.2 Å². The summed E-state index contributed by atoms with van der Waals surface area (Å²) < 4.78 is 27.8. The number of sulfonamides is 1. The Balaban J connectivity index is 1.36. The largest absolute Gasteiger partial charge is 0.368 e. The molecule has 2 aromatic carbocycles. The molecule has 0 amide bonds. The Morgan fingerprint density at radius 2 is 1.76 bits per heavy atom. The molecule has 0 atom stereocenters. The lowest BCUT2D eigenvalue weighted by molar-refractivity contribution is 0.569. The Hall–Kier alpha value is -3.50. The lowest BCUT2D eigenvalue weighted by Crippen LogP contribution is -2.47. The van der Waals surface area contributed by atoms with Gasteiger partial charge in [0.15, 0.2) is 0 Å². The van der Waals surface area contributed by atoms with Gasteiger partial charge in [-0.15, -0.1) is 0 Å². The van der Waals surface area contributed by atoms with Gasteiger partial charge in [-0.1, -0.05) is 12.1 Å². The fourth-order valence-corrected chi connectivity index (χ4v) is 5.58. The van der Waals surface area contributed by atoms with E-state index in [4.69, 9.17) is 0 Å². The molecule has 0 unspecified atom stereocenters. The molecule has 3 heterocycles. The molecule has 2 N–H and O–H groups in total. The van der Waals surface area contributed by atoms with Gasteiger partial charge in [-0.3, -0.25) is 5.10 Å². The van der Waals surface area contributed by atoms with E-state index >= 15 is 0 Å². The first-order valence-electron chi connectivity index (χ1n) is 11.3. The van der Waals surface area contributed by atoms with Crippen LogP contribution in [0.4, 0.5) is 11.5 Å². The maximum absolute atomic E-state index is 12.6. The van der Waals surface area contributed by atoms with Gasteiger partial charge in [0.05, 0.1) is 16.6 Å². The van der Waals surface area contributed by atoms with Crippen LogP contribution in [0.5, 0.6) is 0 Å². The van der Waals surface area contributed by atoms with Gasteiger partial charge in [-0.25, -0.2) is 23.1 Å². The fourth-order valence-electron chi connectivity index (χ4n) is 4.29. The van der Waals surface area contributed by atoms with Gasteiger partial charge in [0.1, 0.15) is 12.1 Å². The molecule has 9 nitrogen and oxygen atoms in total. The van der Waals surface area contributed by atoms with E-state index in [9.17, 15) is 8.42 Å². The summed E-state index contributed by atoms with van der Waals surface area (Å²) in [5, 5.41) is 7.91. The Bertz CT molecular complexity index is 1400. The van der Waals surface area contributed by atoms with Crippen molar-refractivity contribution >= 4 is 32.4 Å². The lowest BCUT2D eigenvalue weighted by Gasteiger charge is -2.37. The normalized spacial score (nSPS) is 14.8. The maximum atomic E-state index is 12.6. The van der Waals surface area contributed by atoms with E-state index in [1.54, 1.807) is 30.7 Å². The van der Waals surface area contributed by atoms with Crippen LogP contribution in [-0.2, 0) is 10.0 Å². The second-order valence-electron chi connectivity index (χ2n) is 8.66. The monoisotopic (exact) mass is 477 g/mol. The number of aromatic nitrogens is 4. The number of aromatic amines is 1. The third-order valence-electron chi connectivity index (χ3n) is 5.91. The molecule has 5 rings (SSSR count). The summed E-state index contributed by atoms with van der Waals surface area (Å²) in [6.07, 6.45) is 5.28. The van der Waals surface area contributed by atoms with E-state index in [1.807, 2.05) is 38.2 Å². The summed E-state index contributed by atoms with van der Waals surface area (Å²) >= 11 is 0. The quantitative estimate of drug-likeness (QED) is 0.440. The highest BCUT2D eigenvalue weighted by Crippen LogP contribution is 2.29. The minimum atomic E-state index is -3.53. The lowest BCUT2D eigenvalue weighted by atomic mass is 10.1. The molecule has 1 aliphatic rings. The van der Waals surface area contributed by atoms with Gasteiger partial charge in [-0.2, -0.15) is 5.10 Å². The summed E-state index contributed by atoms with van der Waals surface area (Å²) in [7, 11) is -3.53. The first-order chi connectivity index (χ1) is 16.4. The molecule has 0 radical (unpaired) electrons. The van der Waals surface area contributed by atoms with Crippen molar-refractivity contribution in [3.8, 4) is 11.1 Å². The van der Waals surface area contributed by atoms with Gasteiger partial charge < -0.3 is 9.80 Å². The zero-order chi connectivity index (χ0) is 23.7. The molecule has 2 aromatic heterocycles. The first kappa shape index (κ1) is 22.3. The number of nitrogens with zero attached hydrogens (tertiary/aromatic N) is 5. The van der Waals surface area contributed by atoms with Crippen LogP contribution >= 0.6 is 0 Å². The Labute approximate surface area is 198 Å². The molecule has 1 saturated heterocycles. The number of fused-ring (bicyclic) bond motifs is 1. The zero-order valence-electron chi connectivity index (χ0n) is 19.1. The van der Waals surface area contributed by atoms with Crippen molar-refractivity contribution in [3.63, 3.8) is 0 Å². The zero-order valence-corrected chi connectivity index (χ0v) is 20.0. The van der Waals surface area contributed by atoms with Crippen molar-refractivity contribution < 1.29 is 8.42 Å². The number of hydrogen-bond donors (Lipinski definition) is 2. The molecule has 1 aliphatic heterocycles. The summed E-state index contributed by atoms with van der Waals surface area (Å²) in [5.74, 6) is 0.910. The van der Waals surface area contributed by atoms with Crippen LogP contribution < -0.4 is 14.5 Å². The van der Waals surface area contributed by atoms with Crippen LogP contribution in [0, 0.1) is 0 Å². The molecule has 0 aliphatic carbocycles. The van der Waals surface area contributed by atoms with Crippen molar-refractivity contribution in [2.24, 2.45) is 0 Å². The van der Waals surface area contributed by atoms with Crippen molar-refractivity contribution in [2.45, 2.75) is 24.8 Å². The van der Waals surface area contributed by atoms with Crippen LogP contribution in [0.3, 0.4) is 0 Å². The molecule has 4 aromatic rings. The fraction of sp³-hybridized carbons (Fsp3) is 0.292. The number of hydrogen-bond acceptors (Lipinski definition) is 7. The van der Waals surface area contributed by atoms with E-state index < -0.39 is 10.0 Å². The van der Waals surface area contributed by atoms with Crippen molar-refractivity contribution in [1.29, 1.82) is 0 Å². The standard InChI is InChI=1S/C24H27N7O2S/c1-17(2)29-34(32,33)21-5-3-4-20(13-21)30-8-10-31(11-9-30)24-22-12-18(19-14-27-28-15-19)6-7-23(22)25-16-26-24/h3-7,12-17,29H,8-11H2,1-2H3,(H,27,28). The van der Waals surface area contributed by atoms with E-state index in [2.05, 4.69) is 40.8 Å². The molecule has 176 valence electrons. The van der Waals surface area contributed by atoms with Crippen LogP contribution in [0.15, 0.2) is 66.1 Å². The minimum Gasteiger partial charge on any atom is -0.368 e. The number of anilines is 2. The number of nitrogens with one attached hydrogen (secondary N) is 2. The maximum Gasteiger partial charge on any atom is 0.240 e. The third-order valence-corrected chi connectivity index (χ3v) is 7.57.